The van der Waals surface area contributed by atoms with Crippen LogP contribution in [0, 0.1) is 0 Å². The standard InChI is InChI=1S/C22H30Cl2N2O2.2ClH/c1-4-26(5-2)13-7-12-25-15-17-10-11-21(22(14-17)27-3)28-16-18-19(23)8-6-9-20(18)24;;/h6,8-11,14,25H,4-5,7,12-13,15-16H2,1-3H3;2*1H. The molecule has 0 aliphatic heterocycles. The van der Waals surface area contributed by atoms with Crippen LogP contribution >= 0.6 is 48.0 Å². The minimum atomic E-state index is 0. The lowest BCUT2D eigenvalue weighted by atomic mass is 10.2. The molecular weight excluding hydrogens is 466 g/mol. The molecule has 0 fully saturated rings. The van der Waals surface area contributed by atoms with E-state index in [2.05, 4.69) is 24.1 Å². The minimum absolute atomic E-state index is 0. The van der Waals surface area contributed by atoms with E-state index in [-0.39, 0.29) is 31.4 Å². The van der Waals surface area contributed by atoms with E-state index in [1.165, 1.54) is 0 Å². The van der Waals surface area contributed by atoms with E-state index in [0.29, 0.717) is 21.5 Å². The summed E-state index contributed by atoms with van der Waals surface area (Å²) < 4.78 is 11.4. The van der Waals surface area contributed by atoms with Crippen molar-refractivity contribution < 1.29 is 9.47 Å². The number of hydrogen-bond acceptors (Lipinski definition) is 4. The number of nitrogens with one attached hydrogen (secondary N) is 1. The lowest BCUT2D eigenvalue weighted by Gasteiger charge is -2.17. The summed E-state index contributed by atoms with van der Waals surface area (Å²) >= 11 is 12.4. The van der Waals surface area contributed by atoms with E-state index in [1.54, 1.807) is 19.2 Å². The van der Waals surface area contributed by atoms with Gasteiger partial charge in [0.05, 0.1) is 7.11 Å². The second kappa shape index (κ2) is 15.9. The van der Waals surface area contributed by atoms with Crippen molar-refractivity contribution in [2.45, 2.75) is 33.4 Å². The number of ether oxygens (including phenoxy) is 2. The first-order valence-electron chi connectivity index (χ1n) is 9.74. The molecule has 2 aromatic rings. The van der Waals surface area contributed by atoms with Gasteiger partial charge in [0, 0.05) is 22.2 Å². The van der Waals surface area contributed by atoms with E-state index in [1.807, 2.05) is 24.3 Å². The van der Waals surface area contributed by atoms with E-state index in [0.717, 1.165) is 50.3 Å². The molecule has 170 valence electrons. The normalized spacial score (nSPS) is 10.3. The van der Waals surface area contributed by atoms with E-state index < -0.39 is 0 Å². The maximum absolute atomic E-state index is 6.21. The summed E-state index contributed by atoms with van der Waals surface area (Å²) in [5.74, 6) is 1.37. The van der Waals surface area contributed by atoms with Crippen molar-refractivity contribution in [2.75, 3.05) is 33.3 Å². The Morgan fingerprint density at radius 2 is 1.63 bits per heavy atom. The summed E-state index contributed by atoms with van der Waals surface area (Å²) in [6, 6.07) is 11.4. The monoisotopic (exact) mass is 496 g/mol. The summed E-state index contributed by atoms with van der Waals surface area (Å²) in [6.07, 6.45) is 1.14. The maximum Gasteiger partial charge on any atom is 0.161 e. The van der Waals surface area contributed by atoms with Gasteiger partial charge in [-0.3, -0.25) is 0 Å². The Balaban J connectivity index is 0.00000420. The highest BCUT2D eigenvalue weighted by molar-refractivity contribution is 6.35. The first-order valence-corrected chi connectivity index (χ1v) is 10.5. The first kappa shape index (κ1) is 29.1. The molecular formula is C22H32Cl4N2O2. The molecule has 30 heavy (non-hydrogen) atoms. The molecule has 0 aliphatic carbocycles. The van der Waals surface area contributed by atoms with Crippen molar-refractivity contribution >= 4 is 48.0 Å². The van der Waals surface area contributed by atoms with Crippen LogP contribution < -0.4 is 14.8 Å². The van der Waals surface area contributed by atoms with Gasteiger partial charge in [-0.15, -0.1) is 24.8 Å². The van der Waals surface area contributed by atoms with Crippen LogP contribution in [-0.2, 0) is 13.2 Å². The fourth-order valence-electron chi connectivity index (χ4n) is 2.96. The molecule has 0 aliphatic rings. The van der Waals surface area contributed by atoms with Gasteiger partial charge >= 0.3 is 0 Å². The lowest BCUT2D eigenvalue weighted by molar-refractivity contribution is 0.284. The average molecular weight is 498 g/mol. The van der Waals surface area contributed by atoms with Gasteiger partial charge in [-0.2, -0.15) is 0 Å². The van der Waals surface area contributed by atoms with Gasteiger partial charge < -0.3 is 19.7 Å². The molecule has 0 heterocycles. The quantitative estimate of drug-likeness (QED) is 0.351. The van der Waals surface area contributed by atoms with Crippen LogP contribution in [0.1, 0.15) is 31.4 Å². The molecule has 8 heteroatoms. The van der Waals surface area contributed by atoms with Gasteiger partial charge in [-0.05, 0) is 62.4 Å². The number of benzene rings is 2. The second-order valence-electron chi connectivity index (χ2n) is 6.53. The smallest absolute Gasteiger partial charge is 0.161 e. The lowest BCUT2D eigenvalue weighted by Crippen LogP contribution is -2.27. The van der Waals surface area contributed by atoms with Crippen molar-refractivity contribution in [1.82, 2.24) is 10.2 Å². The van der Waals surface area contributed by atoms with Gasteiger partial charge in [0.2, 0.25) is 0 Å². The summed E-state index contributed by atoms with van der Waals surface area (Å²) in [5.41, 5.74) is 1.93. The third-order valence-electron chi connectivity index (χ3n) is 4.71. The third-order valence-corrected chi connectivity index (χ3v) is 5.42. The van der Waals surface area contributed by atoms with Crippen molar-refractivity contribution in [3.05, 3.63) is 57.6 Å². The Labute approximate surface area is 203 Å². The van der Waals surface area contributed by atoms with Crippen LogP contribution in [0.3, 0.4) is 0 Å². The highest BCUT2D eigenvalue weighted by atomic mass is 35.5. The Bertz CT molecular complexity index is 723. The fourth-order valence-corrected chi connectivity index (χ4v) is 3.47. The van der Waals surface area contributed by atoms with Crippen LogP contribution in [0.5, 0.6) is 11.5 Å². The van der Waals surface area contributed by atoms with Crippen LogP contribution in [-0.4, -0.2) is 38.2 Å². The Morgan fingerprint density at radius 3 is 2.23 bits per heavy atom. The van der Waals surface area contributed by atoms with Crippen LogP contribution in [0.15, 0.2) is 36.4 Å². The molecule has 4 nitrogen and oxygen atoms in total. The average Bonchev–Trinajstić information content (AvgIpc) is 2.71. The predicted octanol–water partition coefficient (Wildman–Crippen LogP) is 6.25. The van der Waals surface area contributed by atoms with Crippen molar-refractivity contribution in [1.29, 1.82) is 0 Å². The van der Waals surface area contributed by atoms with Gasteiger partial charge in [-0.25, -0.2) is 0 Å². The number of methoxy groups -OCH3 is 1. The number of rotatable bonds is 12. The van der Waals surface area contributed by atoms with Gasteiger partial charge in [0.15, 0.2) is 11.5 Å². The summed E-state index contributed by atoms with van der Waals surface area (Å²) in [7, 11) is 1.64. The SMILES string of the molecule is CCN(CC)CCCNCc1ccc(OCc2c(Cl)cccc2Cl)c(OC)c1.Cl.Cl. The minimum Gasteiger partial charge on any atom is -0.493 e. The molecule has 0 radical (unpaired) electrons. The molecule has 0 spiro atoms. The molecule has 2 rings (SSSR count). The number of hydrogen-bond donors (Lipinski definition) is 1. The Hall–Kier alpha value is -0.880. The largest absolute Gasteiger partial charge is 0.493 e. The topological polar surface area (TPSA) is 33.7 Å². The third kappa shape index (κ3) is 9.09. The van der Waals surface area contributed by atoms with Crippen LogP contribution in [0.2, 0.25) is 10.0 Å². The number of nitrogens with zero attached hydrogens (tertiary/aromatic N) is 1. The maximum atomic E-state index is 6.21. The molecule has 0 unspecified atom stereocenters. The summed E-state index contributed by atoms with van der Waals surface area (Å²) in [5, 5.41) is 4.68. The Morgan fingerprint density at radius 1 is 0.967 bits per heavy atom. The van der Waals surface area contributed by atoms with Gasteiger partial charge in [-0.1, -0.05) is 49.2 Å². The van der Waals surface area contributed by atoms with Crippen LogP contribution in [0.25, 0.3) is 0 Å². The predicted molar refractivity (Wildman–Crippen MR) is 132 cm³/mol. The van der Waals surface area contributed by atoms with Gasteiger partial charge in [0.25, 0.3) is 0 Å². The summed E-state index contributed by atoms with van der Waals surface area (Å²) in [4.78, 5) is 2.43. The zero-order valence-electron chi connectivity index (χ0n) is 17.7. The molecule has 0 atom stereocenters. The van der Waals surface area contributed by atoms with Gasteiger partial charge in [0.1, 0.15) is 6.61 Å². The fraction of sp³-hybridized carbons (Fsp3) is 0.455. The molecule has 0 saturated carbocycles. The molecule has 0 saturated heterocycles. The second-order valence-corrected chi connectivity index (χ2v) is 7.35. The first-order chi connectivity index (χ1) is 13.6. The van der Waals surface area contributed by atoms with Crippen LogP contribution in [0.4, 0.5) is 0 Å². The van der Waals surface area contributed by atoms with E-state index in [9.17, 15) is 0 Å². The highest BCUT2D eigenvalue weighted by Gasteiger charge is 2.10. The van der Waals surface area contributed by atoms with E-state index in [4.69, 9.17) is 32.7 Å². The summed E-state index contributed by atoms with van der Waals surface area (Å²) in [6.45, 7) is 9.81. The molecule has 1 N–H and O–H groups in total. The van der Waals surface area contributed by atoms with Crippen molar-refractivity contribution in [2.24, 2.45) is 0 Å². The Kier molecular flexibility index (Phi) is 15.4. The highest BCUT2D eigenvalue weighted by Crippen LogP contribution is 2.31. The zero-order valence-corrected chi connectivity index (χ0v) is 20.9. The van der Waals surface area contributed by atoms with E-state index >= 15 is 0 Å². The number of halogens is 4. The molecule has 0 amide bonds. The zero-order chi connectivity index (χ0) is 20.4. The van der Waals surface area contributed by atoms with Crippen molar-refractivity contribution in [3.8, 4) is 11.5 Å². The molecule has 2 aromatic carbocycles. The molecule has 0 bridgehead atoms. The molecule has 0 aromatic heterocycles. The van der Waals surface area contributed by atoms with Crippen molar-refractivity contribution in [3.63, 3.8) is 0 Å².